The van der Waals surface area contributed by atoms with Crippen molar-refractivity contribution in [2.24, 2.45) is 0 Å². The number of carbonyl (C=O) groups is 3. The Morgan fingerprint density at radius 3 is 2.59 bits per heavy atom. The minimum Gasteiger partial charge on any atom is -0.494 e. The summed E-state index contributed by atoms with van der Waals surface area (Å²) in [6.45, 7) is 6.06. The lowest BCUT2D eigenvalue weighted by Gasteiger charge is -2.27. The molecule has 1 N–H and O–H groups in total. The highest BCUT2D eigenvalue weighted by atomic mass is 16.5. The van der Waals surface area contributed by atoms with Gasteiger partial charge in [-0.15, -0.1) is 0 Å². The average Bonchev–Trinajstić information content (AvgIpc) is 2.62. The number of amides is 4. The highest BCUT2D eigenvalue weighted by Gasteiger charge is 2.37. The van der Waals surface area contributed by atoms with E-state index >= 15 is 0 Å². The van der Waals surface area contributed by atoms with Crippen molar-refractivity contribution in [3.05, 3.63) is 64.7 Å². The number of benzene rings is 2. The number of aryl methyl sites for hydroxylation is 2. The lowest BCUT2D eigenvalue weighted by Crippen LogP contribution is -2.54. The Balaban J connectivity index is 2.02. The van der Waals surface area contributed by atoms with E-state index in [2.05, 4.69) is 5.32 Å². The van der Waals surface area contributed by atoms with Gasteiger partial charge < -0.3 is 4.74 Å². The predicted octanol–water partition coefficient (Wildman–Crippen LogP) is 3.37. The van der Waals surface area contributed by atoms with Gasteiger partial charge in [-0.3, -0.25) is 14.9 Å². The van der Waals surface area contributed by atoms with Crippen LogP contribution in [0.1, 0.15) is 23.6 Å². The third kappa shape index (κ3) is 3.74. The van der Waals surface area contributed by atoms with Crippen LogP contribution < -0.4 is 15.0 Å². The van der Waals surface area contributed by atoms with E-state index in [0.717, 1.165) is 16.0 Å². The Hall–Kier alpha value is -3.41. The minimum absolute atomic E-state index is 0.107. The molecule has 0 aromatic heterocycles. The van der Waals surface area contributed by atoms with Gasteiger partial charge in [-0.1, -0.05) is 24.3 Å². The van der Waals surface area contributed by atoms with Crippen molar-refractivity contribution in [3.63, 3.8) is 0 Å². The molecule has 0 saturated carbocycles. The first-order valence-electron chi connectivity index (χ1n) is 8.62. The van der Waals surface area contributed by atoms with Gasteiger partial charge in [0.15, 0.2) is 0 Å². The number of barbiturate groups is 1. The van der Waals surface area contributed by atoms with Crippen LogP contribution in [-0.4, -0.2) is 24.5 Å². The molecule has 6 nitrogen and oxygen atoms in total. The number of rotatable bonds is 4. The molecule has 2 aromatic carbocycles. The van der Waals surface area contributed by atoms with Gasteiger partial charge in [-0.2, -0.15) is 0 Å². The van der Waals surface area contributed by atoms with Crippen molar-refractivity contribution in [1.29, 1.82) is 0 Å². The molecule has 27 heavy (non-hydrogen) atoms. The highest BCUT2D eigenvalue weighted by Crippen LogP contribution is 2.26. The largest absolute Gasteiger partial charge is 0.494 e. The number of imide groups is 2. The monoisotopic (exact) mass is 364 g/mol. The maximum Gasteiger partial charge on any atom is 0.335 e. The zero-order valence-electron chi connectivity index (χ0n) is 15.4. The molecule has 0 atom stereocenters. The fourth-order valence-electron chi connectivity index (χ4n) is 2.86. The fourth-order valence-corrected chi connectivity index (χ4v) is 2.86. The molecule has 0 spiro atoms. The van der Waals surface area contributed by atoms with Crippen LogP contribution in [0.3, 0.4) is 0 Å². The fraction of sp³-hybridized carbons (Fsp3) is 0.190. The summed E-state index contributed by atoms with van der Waals surface area (Å²) in [5.41, 5.74) is 2.65. The quantitative estimate of drug-likeness (QED) is 0.667. The summed E-state index contributed by atoms with van der Waals surface area (Å²) in [5.74, 6) is -0.731. The summed E-state index contributed by atoms with van der Waals surface area (Å²) >= 11 is 0. The smallest absolute Gasteiger partial charge is 0.335 e. The number of nitrogens with zero attached hydrogens (tertiary/aromatic N) is 1. The average molecular weight is 364 g/mol. The summed E-state index contributed by atoms with van der Waals surface area (Å²) in [6.07, 6.45) is 1.46. The lowest BCUT2D eigenvalue weighted by atomic mass is 10.0. The first-order chi connectivity index (χ1) is 12.9. The van der Waals surface area contributed by atoms with Gasteiger partial charge in [0.2, 0.25) is 0 Å². The third-order valence-electron chi connectivity index (χ3n) is 4.19. The summed E-state index contributed by atoms with van der Waals surface area (Å²) in [6, 6.07) is 11.8. The van der Waals surface area contributed by atoms with Crippen molar-refractivity contribution in [1.82, 2.24) is 5.32 Å². The normalized spacial score (nSPS) is 15.9. The van der Waals surface area contributed by atoms with Crippen LogP contribution in [0.25, 0.3) is 6.08 Å². The van der Waals surface area contributed by atoms with E-state index < -0.39 is 17.8 Å². The van der Waals surface area contributed by atoms with Gasteiger partial charge in [-0.05, 0) is 61.7 Å². The standard InChI is InChI=1S/C21H20N2O4/c1-4-27-16-7-5-6-15(11-16)12-17-19(24)22-21(26)23(20(17)25)18-10-13(2)8-9-14(18)3/h5-12H,4H2,1-3H3,(H,22,24,26)/b17-12+. The molecule has 1 heterocycles. The number of ether oxygens (including phenoxy) is 1. The molecular formula is C21H20N2O4. The second-order valence-corrected chi connectivity index (χ2v) is 6.25. The molecule has 4 amide bonds. The molecule has 1 saturated heterocycles. The number of anilines is 1. The number of carbonyl (C=O) groups excluding carboxylic acids is 3. The van der Waals surface area contributed by atoms with Gasteiger partial charge in [0, 0.05) is 0 Å². The molecule has 0 unspecified atom stereocenters. The first-order valence-corrected chi connectivity index (χ1v) is 8.62. The Morgan fingerprint density at radius 2 is 1.85 bits per heavy atom. The molecule has 0 aliphatic carbocycles. The van der Waals surface area contributed by atoms with Crippen LogP contribution in [-0.2, 0) is 9.59 Å². The van der Waals surface area contributed by atoms with Crippen LogP contribution in [0.4, 0.5) is 10.5 Å². The molecule has 1 aliphatic rings. The molecule has 6 heteroatoms. The summed E-state index contributed by atoms with van der Waals surface area (Å²) in [5, 5.41) is 2.24. The molecule has 3 rings (SSSR count). The lowest BCUT2D eigenvalue weighted by molar-refractivity contribution is -0.122. The molecule has 1 fully saturated rings. The van der Waals surface area contributed by atoms with E-state index in [1.165, 1.54) is 6.08 Å². The van der Waals surface area contributed by atoms with Crippen LogP contribution in [0.5, 0.6) is 5.75 Å². The van der Waals surface area contributed by atoms with E-state index in [1.807, 2.05) is 26.0 Å². The third-order valence-corrected chi connectivity index (χ3v) is 4.19. The minimum atomic E-state index is -0.751. The number of hydrogen-bond donors (Lipinski definition) is 1. The molecule has 138 valence electrons. The Morgan fingerprint density at radius 1 is 1.07 bits per heavy atom. The topological polar surface area (TPSA) is 75.7 Å². The second kappa shape index (κ2) is 7.45. The Labute approximate surface area is 157 Å². The van der Waals surface area contributed by atoms with Crippen LogP contribution >= 0.6 is 0 Å². The van der Waals surface area contributed by atoms with E-state index in [4.69, 9.17) is 4.74 Å². The van der Waals surface area contributed by atoms with Crippen LogP contribution in [0.15, 0.2) is 48.0 Å². The van der Waals surface area contributed by atoms with Gasteiger partial charge in [-0.25, -0.2) is 9.69 Å². The summed E-state index contributed by atoms with van der Waals surface area (Å²) in [7, 11) is 0. The molecule has 0 radical (unpaired) electrons. The number of nitrogens with one attached hydrogen (secondary N) is 1. The van der Waals surface area contributed by atoms with Gasteiger partial charge in [0.05, 0.1) is 12.3 Å². The van der Waals surface area contributed by atoms with Crippen molar-refractivity contribution < 1.29 is 19.1 Å². The zero-order chi connectivity index (χ0) is 19.6. The Kier molecular flexibility index (Phi) is 5.07. The number of urea groups is 1. The van der Waals surface area contributed by atoms with Crippen molar-refractivity contribution in [2.75, 3.05) is 11.5 Å². The summed E-state index contributed by atoms with van der Waals surface area (Å²) in [4.78, 5) is 38.6. The Bertz CT molecular complexity index is 962. The summed E-state index contributed by atoms with van der Waals surface area (Å²) < 4.78 is 5.45. The van der Waals surface area contributed by atoms with E-state index in [9.17, 15) is 14.4 Å². The maximum absolute atomic E-state index is 13.0. The first kappa shape index (κ1) is 18.4. The number of hydrogen-bond acceptors (Lipinski definition) is 4. The molecule has 1 aliphatic heterocycles. The maximum atomic E-state index is 13.0. The van der Waals surface area contributed by atoms with Gasteiger partial charge in [0.1, 0.15) is 11.3 Å². The van der Waals surface area contributed by atoms with Crippen molar-refractivity contribution in [3.8, 4) is 5.75 Å². The zero-order valence-corrected chi connectivity index (χ0v) is 15.4. The van der Waals surface area contributed by atoms with Crippen molar-refractivity contribution >= 4 is 29.6 Å². The predicted molar refractivity (Wildman–Crippen MR) is 103 cm³/mol. The van der Waals surface area contributed by atoms with Crippen LogP contribution in [0, 0.1) is 13.8 Å². The molecule has 0 bridgehead atoms. The van der Waals surface area contributed by atoms with E-state index in [-0.39, 0.29) is 5.57 Å². The molecular weight excluding hydrogens is 344 g/mol. The SMILES string of the molecule is CCOc1cccc(/C=C2\C(=O)NC(=O)N(c3cc(C)ccc3C)C2=O)c1. The van der Waals surface area contributed by atoms with Crippen LogP contribution in [0.2, 0.25) is 0 Å². The molecule has 2 aromatic rings. The second-order valence-electron chi connectivity index (χ2n) is 6.25. The van der Waals surface area contributed by atoms with Gasteiger partial charge >= 0.3 is 6.03 Å². The highest BCUT2D eigenvalue weighted by molar-refractivity contribution is 6.39. The van der Waals surface area contributed by atoms with E-state index in [0.29, 0.717) is 23.6 Å². The van der Waals surface area contributed by atoms with E-state index in [1.54, 1.807) is 37.3 Å². The van der Waals surface area contributed by atoms with Gasteiger partial charge in [0.25, 0.3) is 11.8 Å². The van der Waals surface area contributed by atoms with Crippen molar-refractivity contribution in [2.45, 2.75) is 20.8 Å².